The van der Waals surface area contributed by atoms with Gasteiger partial charge in [0.25, 0.3) is 0 Å². The van der Waals surface area contributed by atoms with E-state index in [1.54, 1.807) is 13.2 Å². The molecule has 3 nitrogen and oxygen atoms in total. The van der Waals surface area contributed by atoms with Crippen molar-refractivity contribution in [2.75, 3.05) is 32.1 Å². The lowest BCUT2D eigenvalue weighted by molar-refractivity contribution is 0.198. The maximum absolute atomic E-state index is 13.2. The van der Waals surface area contributed by atoms with Crippen LogP contribution in [0.4, 0.5) is 10.1 Å². The van der Waals surface area contributed by atoms with E-state index in [4.69, 9.17) is 4.74 Å². The smallest absolute Gasteiger partial charge is 0.144 e. The minimum atomic E-state index is -0.265. The van der Waals surface area contributed by atoms with Gasteiger partial charge in [0.05, 0.1) is 12.8 Å². The number of piperidine rings is 1. The number of benzene rings is 1. The van der Waals surface area contributed by atoms with Crippen molar-refractivity contribution in [3.63, 3.8) is 0 Å². The maximum Gasteiger partial charge on any atom is 0.144 e. The Hall–Kier alpha value is -1.29. The fraction of sp³-hybridized carbons (Fsp3) is 0.625. The van der Waals surface area contributed by atoms with Gasteiger partial charge < -0.3 is 15.0 Å². The molecule has 1 aliphatic heterocycles. The highest BCUT2D eigenvalue weighted by atomic mass is 19.1. The minimum Gasteiger partial charge on any atom is -0.494 e. The van der Waals surface area contributed by atoms with Crippen molar-refractivity contribution in [2.45, 2.75) is 32.7 Å². The quantitative estimate of drug-likeness (QED) is 0.895. The van der Waals surface area contributed by atoms with Gasteiger partial charge in [0.15, 0.2) is 0 Å². The standard InChI is InChI=1S/C16H25FN2O/c1-12(2)11-19-8-6-14(7-9-19)18-15-5-4-13(17)10-16(15)20-3/h4-5,10,12,14,18H,6-9,11H2,1-3H3. The zero-order valence-electron chi connectivity index (χ0n) is 12.7. The zero-order chi connectivity index (χ0) is 14.5. The lowest BCUT2D eigenvalue weighted by Crippen LogP contribution is -2.40. The molecule has 1 heterocycles. The third kappa shape index (κ3) is 4.10. The molecule has 1 aromatic rings. The minimum absolute atomic E-state index is 0.265. The molecule has 0 radical (unpaired) electrons. The molecule has 0 aromatic heterocycles. The maximum atomic E-state index is 13.2. The monoisotopic (exact) mass is 280 g/mol. The van der Waals surface area contributed by atoms with E-state index in [1.807, 2.05) is 0 Å². The molecular formula is C16H25FN2O. The summed E-state index contributed by atoms with van der Waals surface area (Å²) < 4.78 is 18.4. The molecule has 1 fully saturated rings. The second kappa shape index (κ2) is 6.93. The van der Waals surface area contributed by atoms with Crippen LogP contribution in [-0.2, 0) is 0 Å². The van der Waals surface area contributed by atoms with Gasteiger partial charge in [0.2, 0.25) is 0 Å². The van der Waals surface area contributed by atoms with Gasteiger partial charge in [0.1, 0.15) is 11.6 Å². The van der Waals surface area contributed by atoms with Gasteiger partial charge in [-0.1, -0.05) is 13.8 Å². The SMILES string of the molecule is COc1cc(F)ccc1NC1CCN(CC(C)C)CC1. The predicted molar refractivity (Wildman–Crippen MR) is 80.9 cm³/mol. The molecular weight excluding hydrogens is 255 g/mol. The van der Waals surface area contributed by atoms with E-state index in [9.17, 15) is 4.39 Å². The number of hydrogen-bond acceptors (Lipinski definition) is 3. The number of ether oxygens (including phenoxy) is 1. The molecule has 20 heavy (non-hydrogen) atoms. The summed E-state index contributed by atoms with van der Waals surface area (Å²) in [6.45, 7) is 7.94. The first-order valence-electron chi connectivity index (χ1n) is 7.41. The van der Waals surface area contributed by atoms with Crippen molar-refractivity contribution in [3.8, 4) is 5.75 Å². The van der Waals surface area contributed by atoms with E-state index >= 15 is 0 Å². The van der Waals surface area contributed by atoms with Crippen LogP contribution in [0.2, 0.25) is 0 Å². The molecule has 1 aromatic carbocycles. The van der Waals surface area contributed by atoms with E-state index in [-0.39, 0.29) is 5.82 Å². The van der Waals surface area contributed by atoms with E-state index in [1.165, 1.54) is 18.7 Å². The normalized spacial score (nSPS) is 17.4. The molecule has 0 atom stereocenters. The molecule has 112 valence electrons. The van der Waals surface area contributed by atoms with Crippen molar-refractivity contribution in [1.82, 2.24) is 4.90 Å². The predicted octanol–water partition coefficient (Wildman–Crippen LogP) is 3.37. The van der Waals surface area contributed by atoms with E-state index in [0.717, 1.165) is 37.5 Å². The van der Waals surface area contributed by atoms with Gasteiger partial charge in [0, 0.05) is 31.7 Å². The Morgan fingerprint density at radius 3 is 2.65 bits per heavy atom. The lowest BCUT2D eigenvalue weighted by Gasteiger charge is -2.34. The summed E-state index contributed by atoms with van der Waals surface area (Å²) in [4.78, 5) is 2.52. The number of methoxy groups -OCH3 is 1. The summed E-state index contributed by atoms with van der Waals surface area (Å²) in [6, 6.07) is 5.10. The molecule has 0 amide bonds. The average Bonchev–Trinajstić information content (AvgIpc) is 2.42. The molecule has 1 aliphatic rings. The Morgan fingerprint density at radius 2 is 2.05 bits per heavy atom. The Labute approximate surface area is 121 Å². The first-order valence-corrected chi connectivity index (χ1v) is 7.41. The fourth-order valence-corrected chi connectivity index (χ4v) is 2.78. The zero-order valence-corrected chi connectivity index (χ0v) is 12.7. The molecule has 0 saturated carbocycles. The third-order valence-electron chi connectivity index (χ3n) is 3.73. The van der Waals surface area contributed by atoms with E-state index in [0.29, 0.717) is 11.8 Å². The number of anilines is 1. The fourth-order valence-electron chi connectivity index (χ4n) is 2.78. The highest BCUT2D eigenvalue weighted by Gasteiger charge is 2.20. The van der Waals surface area contributed by atoms with Crippen LogP contribution in [-0.4, -0.2) is 37.7 Å². The molecule has 0 bridgehead atoms. The highest BCUT2D eigenvalue weighted by molar-refractivity contribution is 5.57. The molecule has 2 rings (SSSR count). The first-order chi connectivity index (χ1) is 9.58. The van der Waals surface area contributed by atoms with Crippen LogP contribution in [0.3, 0.4) is 0 Å². The van der Waals surface area contributed by atoms with Crippen LogP contribution in [0.25, 0.3) is 0 Å². The number of hydrogen-bond donors (Lipinski definition) is 1. The first kappa shape index (κ1) is 15.1. The largest absolute Gasteiger partial charge is 0.494 e. The average molecular weight is 280 g/mol. The second-order valence-electron chi connectivity index (χ2n) is 5.96. The van der Waals surface area contributed by atoms with Crippen LogP contribution >= 0.6 is 0 Å². The number of nitrogens with zero attached hydrogens (tertiary/aromatic N) is 1. The highest BCUT2D eigenvalue weighted by Crippen LogP contribution is 2.27. The summed E-state index contributed by atoms with van der Waals surface area (Å²) in [6.07, 6.45) is 2.24. The molecule has 0 aliphatic carbocycles. The Balaban J connectivity index is 1.89. The summed E-state index contributed by atoms with van der Waals surface area (Å²) in [5.41, 5.74) is 0.885. The number of nitrogens with one attached hydrogen (secondary N) is 1. The van der Waals surface area contributed by atoms with Gasteiger partial charge in [-0.25, -0.2) is 4.39 Å². The van der Waals surface area contributed by atoms with Crippen LogP contribution < -0.4 is 10.1 Å². The van der Waals surface area contributed by atoms with Gasteiger partial charge >= 0.3 is 0 Å². The van der Waals surface area contributed by atoms with Gasteiger partial charge in [-0.2, -0.15) is 0 Å². The van der Waals surface area contributed by atoms with Gasteiger partial charge in [-0.15, -0.1) is 0 Å². The van der Waals surface area contributed by atoms with E-state index in [2.05, 4.69) is 24.1 Å². The topological polar surface area (TPSA) is 24.5 Å². The molecule has 0 unspecified atom stereocenters. The van der Waals surface area contributed by atoms with Crippen molar-refractivity contribution in [3.05, 3.63) is 24.0 Å². The summed E-state index contributed by atoms with van der Waals surface area (Å²) in [5, 5.41) is 3.48. The number of rotatable bonds is 5. The van der Waals surface area contributed by atoms with Gasteiger partial charge in [-0.05, 0) is 30.9 Å². The number of halogens is 1. The molecule has 1 saturated heterocycles. The summed E-state index contributed by atoms with van der Waals surface area (Å²) in [7, 11) is 1.57. The van der Waals surface area contributed by atoms with Crippen molar-refractivity contribution in [1.29, 1.82) is 0 Å². The Kier molecular flexibility index (Phi) is 5.24. The third-order valence-corrected chi connectivity index (χ3v) is 3.73. The Bertz CT molecular complexity index is 428. The summed E-state index contributed by atoms with van der Waals surface area (Å²) >= 11 is 0. The van der Waals surface area contributed by atoms with Crippen molar-refractivity contribution >= 4 is 5.69 Å². The Morgan fingerprint density at radius 1 is 1.35 bits per heavy atom. The number of likely N-dealkylation sites (tertiary alicyclic amines) is 1. The van der Waals surface area contributed by atoms with Crippen LogP contribution in [0.5, 0.6) is 5.75 Å². The molecule has 1 N–H and O–H groups in total. The van der Waals surface area contributed by atoms with E-state index < -0.39 is 0 Å². The van der Waals surface area contributed by atoms with Crippen LogP contribution in [0.1, 0.15) is 26.7 Å². The second-order valence-corrected chi connectivity index (χ2v) is 5.96. The lowest BCUT2D eigenvalue weighted by atomic mass is 10.0. The van der Waals surface area contributed by atoms with Crippen molar-refractivity contribution in [2.24, 2.45) is 5.92 Å². The van der Waals surface area contributed by atoms with Crippen molar-refractivity contribution < 1.29 is 9.13 Å². The molecule has 4 heteroatoms. The van der Waals surface area contributed by atoms with Crippen LogP contribution in [0, 0.1) is 11.7 Å². The van der Waals surface area contributed by atoms with Crippen LogP contribution in [0.15, 0.2) is 18.2 Å². The molecule has 0 spiro atoms. The summed E-state index contributed by atoms with van der Waals surface area (Å²) in [5.74, 6) is 1.03. The van der Waals surface area contributed by atoms with Gasteiger partial charge in [-0.3, -0.25) is 0 Å².